The molecule has 12 rings (SSSR count). The zero-order chi connectivity index (χ0) is 38.4. The lowest BCUT2D eigenvalue weighted by Crippen LogP contribution is -2.26. The van der Waals surface area contributed by atoms with Gasteiger partial charge < -0.3 is 4.90 Å². The molecule has 0 N–H and O–H groups in total. The van der Waals surface area contributed by atoms with Crippen LogP contribution >= 0.6 is 0 Å². The van der Waals surface area contributed by atoms with Crippen molar-refractivity contribution >= 4 is 17.1 Å². The first-order chi connectivity index (χ1) is 28.7. The molecule has 0 aromatic heterocycles. The molecule has 0 radical (unpaired) electrons. The van der Waals surface area contributed by atoms with Crippen LogP contribution in [0.3, 0.4) is 0 Å². The maximum absolute atomic E-state index is 2.50. The minimum atomic E-state index is -0.427. The summed E-state index contributed by atoms with van der Waals surface area (Å²) >= 11 is 0. The van der Waals surface area contributed by atoms with Gasteiger partial charge in [0.15, 0.2) is 0 Å². The van der Waals surface area contributed by atoms with Crippen LogP contribution < -0.4 is 4.90 Å². The molecule has 0 bridgehead atoms. The van der Waals surface area contributed by atoms with Crippen LogP contribution in [0, 0.1) is 0 Å². The van der Waals surface area contributed by atoms with Gasteiger partial charge in [0.05, 0.1) is 5.41 Å². The summed E-state index contributed by atoms with van der Waals surface area (Å²) in [6, 6.07) is 81.3. The average molecular weight is 738 g/mol. The fraction of sp³-hybridized carbons (Fsp3) is 0.0526. The van der Waals surface area contributed by atoms with Gasteiger partial charge in [-0.1, -0.05) is 182 Å². The van der Waals surface area contributed by atoms with Crippen LogP contribution in [0.15, 0.2) is 218 Å². The number of rotatable bonds is 6. The summed E-state index contributed by atoms with van der Waals surface area (Å²) in [7, 11) is 0. The number of hydrogen-bond donors (Lipinski definition) is 0. The summed E-state index contributed by atoms with van der Waals surface area (Å²) in [4.78, 5) is 2.48. The van der Waals surface area contributed by atoms with Crippen molar-refractivity contribution in [2.75, 3.05) is 4.90 Å². The molecular weight excluding hydrogens is 699 g/mol. The van der Waals surface area contributed by atoms with E-state index >= 15 is 0 Å². The van der Waals surface area contributed by atoms with Gasteiger partial charge in [-0.15, -0.1) is 0 Å². The van der Waals surface area contributed by atoms with E-state index in [0.717, 1.165) is 17.1 Å². The van der Waals surface area contributed by atoms with E-state index in [1.807, 2.05) is 0 Å². The van der Waals surface area contributed by atoms with Crippen LogP contribution in [-0.2, 0) is 10.8 Å². The van der Waals surface area contributed by atoms with Gasteiger partial charge in [-0.05, 0) is 127 Å². The van der Waals surface area contributed by atoms with E-state index < -0.39 is 5.41 Å². The first kappa shape index (κ1) is 33.0. The molecule has 1 nitrogen and oxygen atoms in total. The van der Waals surface area contributed by atoms with Crippen molar-refractivity contribution in [2.45, 2.75) is 17.8 Å². The van der Waals surface area contributed by atoms with Crippen LogP contribution in [0.4, 0.5) is 17.1 Å². The smallest absolute Gasteiger partial charge is 0.0726 e. The maximum atomic E-state index is 2.50. The van der Waals surface area contributed by atoms with Crippen molar-refractivity contribution < 1.29 is 0 Å². The van der Waals surface area contributed by atoms with Gasteiger partial charge >= 0.3 is 0 Å². The largest absolute Gasteiger partial charge is 0.310 e. The molecule has 0 saturated carbocycles. The molecule has 272 valence electrons. The van der Waals surface area contributed by atoms with E-state index in [-0.39, 0.29) is 5.41 Å². The summed E-state index contributed by atoms with van der Waals surface area (Å²) in [6.45, 7) is 2.40. The third-order valence-electron chi connectivity index (χ3n) is 13.4. The Balaban J connectivity index is 1.10. The van der Waals surface area contributed by atoms with Crippen LogP contribution in [-0.4, -0.2) is 0 Å². The van der Waals surface area contributed by atoms with E-state index in [0.29, 0.717) is 0 Å². The lowest BCUT2D eigenvalue weighted by atomic mass is 9.70. The monoisotopic (exact) mass is 737 g/mol. The second-order valence-electron chi connectivity index (χ2n) is 16.1. The van der Waals surface area contributed by atoms with Crippen molar-refractivity contribution in [2.24, 2.45) is 0 Å². The minimum absolute atomic E-state index is 0.313. The summed E-state index contributed by atoms with van der Waals surface area (Å²) < 4.78 is 0. The van der Waals surface area contributed by atoms with Crippen LogP contribution in [0.5, 0.6) is 0 Å². The third kappa shape index (κ3) is 4.42. The Hall–Kier alpha value is -7.22. The van der Waals surface area contributed by atoms with E-state index in [2.05, 4.69) is 230 Å². The molecular formula is C57H39N. The summed E-state index contributed by atoms with van der Waals surface area (Å²) in [6.07, 6.45) is 0. The van der Waals surface area contributed by atoms with Crippen LogP contribution in [0.2, 0.25) is 0 Å². The average Bonchev–Trinajstić information content (AvgIpc) is 3.88. The van der Waals surface area contributed by atoms with Gasteiger partial charge in [-0.3, -0.25) is 0 Å². The Labute approximate surface area is 340 Å². The molecule has 2 atom stereocenters. The topological polar surface area (TPSA) is 3.24 Å². The predicted octanol–water partition coefficient (Wildman–Crippen LogP) is 14.5. The van der Waals surface area contributed by atoms with E-state index in [4.69, 9.17) is 0 Å². The highest BCUT2D eigenvalue weighted by Crippen LogP contribution is 2.65. The maximum Gasteiger partial charge on any atom is 0.0726 e. The number of anilines is 3. The standard InChI is InChI=1S/C57H39N/c1-56(40-18-7-3-8-19-40)51-26-13-11-22-45(51)47-34-32-43(36-53(47)56)58(42-30-28-39(29-31-42)38-16-5-2-6-17-38)44-33-35-48-50-25-15-24-49-46-23-12-14-27-52(46)57(55(49)50,54(48)37-44)41-20-9-4-10-21-41/h2-37H,1H3. The zero-order valence-corrected chi connectivity index (χ0v) is 32.2. The lowest BCUT2D eigenvalue weighted by Gasteiger charge is -2.33. The molecule has 58 heavy (non-hydrogen) atoms. The molecule has 3 aliphatic rings. The van der Waals surface area contributed by atoms with Crippen molar-refractivity contribution in [1.29, 1.82) is 0 Å². The molecule has 0 spiro atoms. The normalized spacial score (nSPS) is 17.5. The minimum Gasteiger partial charge on any atom is -0.310 e. The molecule has 0 heterocycles. The molecule has 0 aliphatic heterocycles. The Morgan fingerprint density at radius 3 is 1.41 bits per heavy atom. The van der Waals surface area contributed by atoms with Crippen molar-refractivity contribution in [3.63, 3.8) is 0 Å². The van der Waals surface area contributed by atoms with E-state index in [1.165, 1.54) is 83.5 Å². The van der Waals surface area contributed by atoms with Gasteiger partial charge in [-0.25, -0.2) is 0 Å². The zero-order valence-electron chi connectivity index (χ0n) is 32.2. The third-order valence-corrected chi connectivity index (χ3v) is 13.4. The Kier molecular flexibility index (Phi) is 7.04. The summed E-state index contributed by atoms with van der Waals surface area (Å²) in [5.74, 6) is 0. The predicted molar refractivity (Wildman–Crippen MR) is 240 cm³/mol. The second-order valence-corrected chi connectivity index (χ2v) is 16.1. The van der Waals surface area contributed by atoms with Gasteiger partial charge in [0.2, 0.25) is 0 Å². The van der Waals surface area contributed by atoms with Gasteiger partial charge in [0.1, 0.15) is 0 Å². The molecule has 0 fully saturated rings. The number of fused-ring (bicyclic) bond motifs is 9. The second kappa shape index (κ2) is 12.4. The van der Waals surface area contributed by atoms with Gasteiger partial charge in [0.25, 0.3) is 0 Å². The number of hydrogen-bond acceptors (Lipinski definition) is 1. The van der Waals surface area contributed by atoms with Crippen molar-refractivity contribution in [3.8, 4) is 44.5 Å². The molecule has 1 heteroatoms. The van der Waals surface area contributed by atoms with Gasteiger partial charge in [-0.2, -0.15) is 0 Å². The molecule has 2 unspecified atom stereocenters. The quantitative estimate of drug-likeness (QED) is 0.164. The van der Waals surface area contributed by atoms with Crippen LogP contribution in [0.1, 0.15) is 45.9 Å². The fourth-order valence-corrected chi connectivity index (χ4v) is 10.8. The highest BCUT2D eigenvalue weighted by molar-refractivity contribution is 6.00. The molecule has 9 aromatic carbocycles. The highest BCUT2D eigenvalue weighted by atomic mass is 15.1. The Morgan fingerprint density at radius 2 is 0.759 bits per heavy atom. The first-order valence-electron chi connectivity index (χ1n) is 20.3. The highest BCUT2D eigenvalue weighted by Gasteiger charge is 2.52. The van der Waals surface area contributed by atoms with E-state index in [9.17, 15) is 0 Å². The lowest BCUT2D eigenvalue weighted by molar-refractivity contribution is 0.714. The van der Waals surface area contributed by atoms with E-state index in [1.54, 1.807) is 0 Å². The van der Waals surface area contributed by atoms with Crippen LogP contribution in [0.25, 0.3) is 44.5 Å². The van der Waals surface area contributed by atoms with Gasteiger partial charge in [0, 0.05) is 22.5 Å². The Bertz CT molecular complexity index is 3060. The number of benzene rings is 9. The fourth-order valence-electron chi connectivity index (χ4n) is 10.8. The summed E-state index contributed by atoms with van der Waals surface area (Å²) in [5.41, 5.74) is 22.3. The SMILES string of the molecule is CC1(c2ccccc2)c2ccccc2-c2ccc(N(c3ccc(-c4ccccc4)cc3)c3ccc4c(c3)C3(c5ccccc5)c5ccccc5-c5cccc-4c53)cc21. The van der Waals surface area contributed by atoms with Crippen molar-refractivity contribution in [3.05, 3.63) is 257 Å². The molecule has 0 saturated heterocycles. The summed E-state index contributed by atoms with van der Waals surface area (Å²) in [5, 5.41) is 0. The van der Waals surface area contributed by atoms with Crippen molar-refractivity contribution in [1.82, 2.24) is 0 Å². The molecule has 9 aromatic rings. The first-order valence-corrected chi connectivity index (χ1v) is 20.3. The Morgan fingerprint density at radius 1 is 0.310 bits per heavy atom. The molecule has 3 aliphatic carbocycles. The molecule has 0 amide bonds. The number of nitrogens with zero attached hydrogens (tertiary/aromatic N) is 1.